The molecular formula is C21H24ClN3O3S. The molecule has 29 heavy (non-hydrogen) atoms. The van der Waals surface area contributed by atoms with Gasteiger partial charge in [-0.05, 0) is 48.8 Å². The summed E-state index contributed by atoms with van der Waals surface area (Å²) in [6.07, 6.45) is 2.39. The van der Waals surface area contributed by atoms with Crippen molar-refractivity contribution in [1.82, 2.24) is 10.2 Å². The molecule has 0 aromatic heterocycles. The number of halogens is 1. The first-order chi connectivity index (χ1) is 13.8. The zero-order chi connectivity index (χ0) is 21.4. The number of thioether (sulfide) groups is 1. The molecule has 6 nitrogen and oxygen atoms in total. The predicted octanol–water partition coefficient (Wildman–Crippen LogP) is 3.53. The van der Waals surface area contributed by atoms with Gasteiger partial charge in [0.15, 0.2) is 0 Å². The molecule has 0 aliphatic carbocycles. The lowest BCUT2D eigenvalue weighted by atomic mass is 10.1. The molecule has 0 aliphatic rings. The number of rotatable bonds is 8. The summed E-state index contributed by atoms with van der Waals surface area (Å²) in [5.41, 5.74) is 1.27. The van der Waals surface area contributed by atoms with E-state index >= 15 is 0 Å². The van der Waals surface area contributed by atoms with Gasteiger partial charge in [-0.15, -0.1) is 0 Å². The number of carbonyl (C=O) groups excluding carboxylic acids is 3. The highest BCUT2D eigenvalue weighted by atomic mass is 35.5. The van der Waals surface area contributed by atoms with E-state index in [2.05, 4.69) is 10.6 Å². The van der Waals surface area contributed by atoms with Gasteiger partial charge in [0.2, 0.25) is 5.91 Å². The van der Waals surface area contributed by atoms with Gasteiger partial charge in [0.05, 0.1) is 10.6 Å². The average Bonchev–Trinajstić information content (AvgIpc) is 2.70. The molecule has 0 radical (unpaired) electrons. The van der Waals surface area contributed by atoms with E-state index in [1.165, 1.54) is 4.90 Å². The minimum atomic E-state index is -0.737. The molecule has 2 N–H and O–H groups in total. The number of anilines is 1. The maximum absolute atomic E-state index is 12.8. The predicted molar refractivity (Wildman–Crippen MR) is 119 cm³/mol. The van der Waals surface area contributed by atoms with Gasteiger partial charge < -0.3 is 15.5 Å². The van der Waals surface area contributed by atoms with E-state index in [1.54, 1.807) is 74.4 Å². The van der Waals surface area contributed by atoms with Crippen molar-refractivity contribution in [1.29, 1.82) is 0 Å². The second-order valence-corrected chi connectivity index (χ2v) is 7.95. The summed E-state index contributed by atoms with van der Waals surface area (Å²) in [4.78, 5) is 39.0. The SMILES string of the molecule is CSCCC(NC(=O)c1ccccc1Cl)C(=O)Nc1cccc(C(=O)N(C)C)c1. The topological polar surface area (TPSA) is 78.5 Å². The molecule has 3 amide bonds. The van der Waals surface area contributed by atoms with Gasteiger partial charge >= 0.3 is 0 Å². The lowest BCUT2D eigenvalue weighted by Gasteiger charge is -2.19. The van der Waals surface area contributed by atoms with E-state index in [4.69, 9.17) is 11.6 Å². The monoisotopic (exact) mass is 433 g/mol. The highest BCUT2D eigenvalue weighted by molar-refractivity contribution is 7.98. The van der Waals surface area contributed by atoms with Crippen LogP contribution in [-0.4, -0.2) is 54.8 Å². The Balaban J connectivity index is 2.15. The van der Waals surface area contributed by atoms with Crippen LogP contribution in [0.1, 0.15) is 27.1 Å². The Morgan fingerprint density at radius 2 is 1.83 bits per heavy atom. The highest BCUT2D eigenvalue weighted by Gasteiger charge is 2.22. The van der Waals surface area contributed by atoms with Crippen molar-refractivity contribution in [3.63, 3.8) is 0 Å². The number of hydrogen-bond donors (Lipinski definition) is 2. The third-order valence-corrected chi connectivity index (χ3v) is 5.11. The van der Waals surface area contributed by atoms with Crippen molar-refractivity contribution in [3.8, 4) is 0 Å². The molecule has 0 saturated heterocycles. The van der Waals surface area contributed by atoms with Crippen LogP contribution in [0, 0.1) is 0 Å². The highest BCUT2D eigenvalue weighted by Crippen LogP contribution is 2.16. The van der Waals surface area contributed by atoms with Crippen LogP contribution in [0.15, 0.2) is 48.5 Å². The van der Waals surface area contributed by atoms with Crippen LogP contribution in [0.3, 0.4) is 0 Å². The van der Waals surface area contributed by atoms with Gasteiger partial charge in [-0.25, -0.2) is 0 Å². The molecule has 0 heterocycles. The lowest BCUT2D eigenvalue weighted by Crippen LogP contribution is -2.44. The fourth-order valence-electron chi connectivity index (χ4n) is 2.60. The van der Waals surface area contributed by atoms with Crippen molar-refractivity contribution in [2.45, 2.75) is 12.5 Å². The number of hydrogen-bond acceptors (Lipinski definition) is 4. The third-order valence-electron chi connectivity index (χ3n) is 4.13. The Bertz CT molecular complexity index is 889. The molecule has 2 rings (SSSR count). The molecule has 0 saturated carbocycles. The molecule has 2 aromatic carbocycles. The summed E-state index contributed by atoms with van der Waals surface area (Å²) >= 11 is 7.67. The second-order valence-electron chi connectivity index (χ2n) is 6.56. The Morgan fingerprint density at radius 1 is 1.10 bits per heavy atom. The van der Waals surface area contributed by atoms with Gasteiger partial charge in [0, 0.05) is 25.3 Å². The molecular weight excluding hydrogens is 410 g/mol. The fourth-order valence-corrected chi connectivity index (χ4v) is 3.30. The number of benzene rings is 2. The summed E-state index contributed by atoms with van der Waals surface area (Å²) < 4.78 is 0. The Labute approximate surface area is 180 Å². The van der Waals surface area contributed by atoms with E-state index < -0.39 is 11.9 Å². The summed E-state index contributed by atoms with van der Waals surface area (Å²) in [6, 6.07) is 12.6. The minimum absolute atomic E-state index is 0.160. The van der Waals surface area contributed by atoms with E-state index in [9.17, 15) is 14.4 Å². The van der Waals surface area contributed by atoms with Crippen molar-refractivity contribution >= 4 is 46.8 Å². The molecule has 0 fully saturated rings. The number of carbonyl (C=O) groups is 3. The van der Waals surface area contributed by atoms with Crippen LogP contribution < -0.4 is 10.6 Å². The van der Waals surface area contributed by atoms with Crippen LogP contribution in [0.5, 0.6) is 0 Å². The number of nitrogens with one attached hydrogen (secondary N) is 2. The van der Waals surface area contributed by atoms with Crippen LogP contribution in [0.4, 0.5) is 5.69 Å². The van der Waals surface area contributed by atoms with Crippen LogP contribution in [0.2, 0.25) is 5.02 Å². The zero-order valence-corrected chi connectivity index (χ0v) is 18.1. The quantitative estimate of drug-likeness (QED) is 0.667. The third kappa shape index (κ3) is 6.51. The maximum atomic E-state index is 12.8. The Hall–Kier alpha value is -2.51. The van der Waals surface area contributed by atoms with Crippen LogP contribution in [0.25, 0.3) is 0 Å². The largest absolute Gasteiger partial charge is 0.345 e. The van der Waals surface area contributed by atoms with Gasteiger partial charge in [0.1, 0.15) is 6.04 Å². The van der Waals surface area contributed by atoms with Crippen molar-refractivity contribution < 1.29 is 14.4 Å². The van der Waals surface area contributed by atoms with Gasteiger partial charge in [-0.2, -0.15) is 11.8 Å². The van der Waals surface area contributed by atoms with Gasteiger partial charge in [-0.1, -0.05) is 29.8 Å². The summed E-state index contributed by atoms with van der Waals surface area (Å²) in [7, 11) is 3.33. The summed E-state index contributed by atoms with van der Waals surface area (Å²) in [5, 5.41) is 5.87. The average molecular weight is 434 g/mol. The second kappa shape index (κ2) is 10.9. The normalized spacial score (nSPS) is 11.4. The molecule has 1 atom stereocenters. The zero-order valence-electron chi connectivity index (χ0n) is 16.6. The number of nitrogens with zero attached hydrogens (tertiary/aromatic N) is 1. The summed E-state index contributed by atoms with van der Waals surface area (Å²) in [6.45, 7) is 0. The molecule has 1 unspecified atom stereocenters. The van der Waals surface area contributed by atoms with Gasteiger partial charge in [-0.3, -0.25) is 14.4 Å². The van der Waals surface area contributed by atoms with E-state index in [-0.39, 0.29) is 11.8 Å². The summed E-state index contributed by atoms with van der Waals surface area (Å²) in [5.74, 6) is -0.227. The minimum Gasteiger partial charge on any atom is -0.345 e. The first-order valence-electron chi connectivity index (χ1n) is 9.00. The van der Waals surface area contributed by atoms with Crippen molar-refractivity contribution in [2.24, 2.45) is 0 Å². The van der Waals surface area contributed by atoms with Crippen LogP contribution in [-0.2, 0) is 4.79 Å². The maximum Gasteiger partial charge on any atom is 0.253 e. The van der Waals surface area contributed by atoms with Crippen molar-refractivity contribution in [2.75, 3.05) is 31.4 Å². The Kier molecular flexibility index (Phi) is 8.54. The smallest absolute Gasteiger partial charge is 0.253 e. The van der Waals surface area contributed by atoms with E-state index in [0.717, 1.165) is 0 Å². The van der Waals surface area contributed by atoms with Gasteiger partial charge in [0.25, 0.3) is 11.8 Å². The molecule has 0 aliphatic heterocycles. The molecule has 154 valence electrons. The fraction of sp³-hybridized carbons (Fsp3) is 0.286. The van der Waals surface area contributed by atoms with Crippen LogP contribution >= 0.6 is 23.4 Å². The molecule has 0 bridgehead atoms. The molecule has 0 spiro atoms. The Morgan fingerprint density at radius 3 is 2.48 bits per heavy atom. The van der Waals surface area contributed by atoms with Crippen molar-refractivity contribution in [3.05, 3.63) is 64.7 Å². The van der Waals surface area contributed by atoms with E-state index in [1.807, 2.05) is 6.26 Å². The van der Waals surface area contributed by atoms with E-state index in [0.29, 0.717) is 34.0 Å². The molecule has 8 heteroatoms. The lowest BCUT2D eigenvalue weighted by molar-refractivity contribution is -0.118. The molecule has 2 aromatic rings. The standard InChI is InChI=1S/C21H24ClN3O3S/c1-25(2)21(28)14-7-6-8-15(13-14)23-20(27)18(11-12-29-3)24-19(26)16-9-4-5-10-17(16)22/h4-10,13,18H,11-12H2,1-3H3,(H,23,27)(H,24,26). The first-order valence-corrected chi connectivity index (χ1v) is 10.8. The first kappa shape index (κ1) is 22.8. The number of amides is 3.